The number of carbonyl (C=O) groups excluding carboxylic acids is 1. The molecule has 5 nitrogen and oxygen atoms in total. The molecule has 1 atom stereocenters. The Kier molecular flexibility index (Phi) is 6.45. The van der Waals surface area contributed by atoms with Gasteiger partial charge < -0.3 is 10.2 Å². The van der Waals surface area contributed by atoms with Gasteiger partial charge in [0.05, 0.1) is 31.6 Å². The lowest BCUT2D eigenvalue weighted by molar-refractivity contribution is -0.137. The number of alkyl halides is 5. The Balaban J connectivity index is 2.01. The van der Waals surface area contributed by atoms with Crippen LogP contribution in [0, 0.1) is 4.78 Å². The minimum Gasteiger partial charge on any atom is -0.370 e. The van der Waals surface area contributed by atoms with Crippen LogP contribution in [0.15, 0.2) is 41.3 Å². The Labute approximate surface area is 186 Å². The van der Waals surface area contributed by atoms with E-state index in [1.807, 2.05) is 0 Å². The SMILES string of the molecule is C[S@@](=N)(=O)c1cccc(NC(=O)c2cc(Cl)c(C(F)(F)F)cc2N2CCC(F)(F)CC2)c1. The molecule has 1 fully saturated rings. The zero-order valence-corrected chi connectivity index (χ0v) is 18.3. The summed E-state index contributed by atoms with van der Waals surface area (Å²) in [4.78, 5) is 14.4. The molecule has 1 aliphatic heterocycles. The first-order chi connectivity index (χ1) is 14.7. The van der Waals surface area contributed by atoms with E-state index in [0.29, 0.717) is 6.07 Å². The summed E-state index contributed by atoms with van der Waals surface area (Å²) in [7, 11) is -3.07. The summed E-state index contributed by atoms with van der Waals surface area (Å²) in [5.74, 6) is -3.75. The number of anilines is 2. The van der Waals surface area contributed by atoms with Crippen LogP contribution in [0.5, 0.6) is 0 Å². The monoisotopic (exact) mass is 495 g/mol. The quantitative estimate of drug-likeness (QED) is 0.520. The van der Waals surface area contributed by atoms with Crippen LogP contribution in [0.3, 0.4) is 0 Å². The van der Waals surface area contributed by atoms with E-state index in [1.54, 1.807) is 0 Å². The minimum atomic E-state index is -4.80. The van der Waals surface area contributed by atoms with E-state index in [4.69, 9.17) is 16.4 Å². The molecule has 1 heterocycles. The summed E-state index contributed by atoms with van der Waals surface area (Å²) in [6.45, 7) is -0.475. The van der Waals surface area contributed by atoms with Gasteiger partial charge in [-0.3, -0.25) is 4.79 Å². The maximum atomic E-state index is 13.6. The number of hydrogen-bond donors (Lipinski definition) is 2. The molecule has 1 aliphatic rings. The predicted molar refractivity (Wildman–Crippen MR) is 112 cm³/mol. The number of rotatable bonds is 4. The number of carbonyl (C=O) groups is 1. The zero-order valence-electron chi connectivity index (χ0n) is 16.7. The van der Waals surface area contributed by atoms with E-state index in [9.17, 15) is 31.0 Å². The van der Waals surface area contributed by atoms with Gasteiger partial charge in [-0.1, -0.05) is 17.7 Å². The fourth-order valence-electron chi connectivity index (χ4n) is 3.31. The highest BCUT2D eigenvalue weighted by Crippen LogP contribution is 2.40. The summed E-state index contributed by atoms with van der Waals surface area (Å²) < 4.78 is 86.9. The molecule has 0 saturated carbocycles. The van der Waals surface area contributed by atoms with Crippen LogP contribution in [0.4, 0.5) is 33.3 Å². The number of nitrogens with zero attached hydrogens (tertiary/aromatic N) is 1. The molecule has 0 aliphatic carbocycles. The molecule has 2 aromatic rings. The third kappa shape index (κ3) is 5.50. The van der Waals surface area contributed by atoms with Gasteiger partial charge in [-0.15, -0.1) is 0 Å². The van der Waals surface area contributed by atoms with Crippen LogP contribution in [0.2, 0.25) is 5.02 Å². The van der Waals surface area contributed by atoms with Crippen molar-refractivity contribution in [2.75, 3.05) is 29.6 Å². The van der Waals surface area contributed by atoms with Crippen LogP contribution in [0.25, 0.3) is 0 Å². The summed E-state index contributed by atoms with van der Waals surface area (Å²) >= 11 is 5.80. The van der Waals surface area contributed by atoms with Crippen molar-refractivity contribution in [2.45, 2.75) is 29.8 Å². The molecule has 32 heavy (non-hydrogen) atoms. The Morgan fingerprint density at radius 1 is 1.19 bits per heavy atom. The highest BCUT2D eigenvalue weighted by Gasteiger charge is 2.38. The lowest BCUT2D eigenvalue weighted by Crippen LogP contribution is -2.40. The van der Waals surface area contributed by atoms with Crippen LogP contribution in [0.1, 0.15) is 28.8 Å². The van der Waals surface area contributed by atoms with E-state index in [0.717, 1.165) is 6.07 Å². The minimum absolute atomic E-state index is 0.152. The van der Waals surface area contributed by atoms with E-state index in [1.165, 1.54) is 35.4 Å². The molecule has 0 unspecified atom stereocenters. The summed E-state index contributed by atoms with van der Waals surface area (Å²) in [6.07, 6.45) is -4.72. The molecule has 3 rings (SSSR count). The first kappa shape index (κ1) is 24.2. The average Bonchev–Trinajstić information content (AvgIpc) is 2.66. The van der Waals surface area contributed by atoms with Crippen LogP contribution < -0.4 is 10.2 Å². The average molecular weight is 496 g/mol. The lowest BCUT2D eigenvalue weighted by Gasteiger charge is -2.34. The van der Waals surface area contributed by atoms with Crippen molar-refractivity contribution in [1.82, 2.24) is 0 Å². The molecule has 2 aromatic carbocycles. The molecule has 0 bridgehead atoms. The summed E-state index contributed by atoms with van der Waals surface area (Å²) in [6, 6.07) is 7.24. The van der Waals surface area contributed by atoms with Crippen molar-refractivity contribution in [2.24, 2.45) is 0 Å². The highest BCUT2D eigenvalue weighted by molar-refractivity contribution is 7.91. The predicted octanol–water partition coefficient (Wildman–Crippen LogP) is 5.88. The van der Waals surface area contributed by atoms with Crippen LogP contribution in [-0.2, 0) is 15.9 Å². The standard InChI is InChI=1S/C20H19ClF5N3O2S/c1-32(27,31)13-4-2-3-12(9-13)28-18(30)14-10-16(21)15(20(24,25)26)11-17(14)29-7-5-19(22,23)6-8-29/h2-4,9-11,27H,5-8H2,1H3,(H,28,30)/t32-/m1/s1. The topological polar surface area (TPSA) is 73.3 Å². The Hall–Kier alpha value is -2.40. The molecule has 1 amide bonds. The normalized spacial score (nSPS) is 18.2. The molecule has 2 N–H and O–H groups in total. The molecule has 0 spiro atoms. The number of halogens is 6. The fraction of sp³-hybridized carbons (Fsp3) is 0.350. The maximum absolute atomic E-state index is 13.6. The van der Waals surface area contributed by atoms with E-state index >= 15 is 0 Å². The highest BCUT2D eigenvalue weighted by atomic mass is 35.5. The molecule has 12 heteroatoms. The number of hydrogen-bond acceptors (Lipinski definition) is 4. The van der Waals surface area contributed by atoms with Gasteiger partial charge in [-0.25, -0.2) is 17.8 Å². The van der Waals surface area contributed by atoms with Crippen LogP contribution >= 0.6 is 11.6 Å². The number of nitrogens with one attached hydrogen (secondary N) is 2. The smallest absolute Gasteiger partial charge is 0.370 e. The van der Waals surface area contributed by atoms with Gasteiger partial charge in [0.25, 0.3) is 11.8 Å². The van der Waals surface area contributed by atoms with E-state index in [2.05, 4.69) is 5.32 Å². The molecule has 0 aromatic heterocycles. The Morgan fingerprint density at radius 2 is 1.81 bits per heavy atom. The second-order valence-electron chi connectivity index (χ2n) is 7.52. The second kappa shape index (κ2) is 8.51. The van der Waals surface area contributed by atoms with Crippen molar-refractivity contribution in [1.29, 1.82) is 4.78 Å². The van der Waals surface area contributed by atoms with E-state index in [-0.39, 0.29) is 34.9 Å². The Morgan fingerprint density at radius 3 is 2.38 bits per heavy atom. The third-order valence-electron chi connectivity index (χ3n) is 5.01. The first-order valence-electron chi connectivity index (χ1n) is 9.36. The number of amides is 1. The van der Waals surface area contributed by atoms with Gasteiger partial charge in [-0.2, -0.15) is 13.2 Å². The molecule has 1 saturated heterocycles. The van der Waals surface area contributed by atoms with Crippen molar-refractivity contribution in [3.05, 3.63) is 52.5 Å². The fourth-order valence-corrected chi connectivity index (χ4v) is 4.27. The number of piperidine rings is 1. The van der Waals surface area contributed by atoms with E-state index < -0.39 is 51.2 Å². The van der Waals surface area contributed by atoms with Gasteiger partial charge >= 0.3 is 6.18 Å². The maximum Gasteiger partial charge on any atom is 0.417 e. The van der Waals surface area contributed by atoms with Gasteiger partial charge in [0.2, 0.25) is 0 Å². The summed E-state index contributed by atoms with van der Waals surface area (Å²) in [5.41, 5.74) is -1.39. The molecule has 174 valence electrons. The summed E-state index contributed by atoms with van der Waals surface area (Å²) in [5, 5.41) is 1.79. The molecular weight excluding hydrogens is 477 g/mol. The van der Waals surface area contributed by atoms with Crippen molar-refractivity contribution in [3.63, 3.8) is 0 Å². The lowest BCUT2D eigenvalue weighted by atomic mass is 10.0. The largest absolute Gasteiger partial charge is 0.417 e. The van der Waals surface area contributed by atoms with Crippen molar-refractivity contribution >= 4 is 38.6 Å². The third-order valence-corrected chi connectivity index (χ3v) is 6.48. The van der Waals surface area contributed by atoms with Gasteiger partial charge in [-0.05, 0) is 30.3 Å². The molecule has 0 radical (unpaired) electrons. The van der Waals surface area contributed by atoms with Crippen molar-refractivity contribution in [3.8, 4) is 0 Å². The van der Waals surface area contributed by atoms with Gasteiger partial charge in [0.15, 0.2) is 0 Å². The second-order valence-corrected chi connectivity index (χ2v) is 10.1. The van der Waals surface area contributed by atoms with Gasteiger partial charge in [0, 0.05) is 42.8 Å². The van der Waals surface area contributed by atoms with Crippen molar-refractivity contribution < 1.29 is 31.0 Å². The first-order valence-corrected chi connectivity index (χ1v) is 11.7. The Bertz CT molecular complexity index is 1140. The molecular formula is C20H19ClF5N3O2S. The van der Waals surface area contributed by atoms with Crippen LogP contribution in [-0.4, -0.2) is 35.4 Å². The number of benzene rings is 2. The van der Waals surface area contributed by atoms with Gasteiger partial charge in [0.1, 0.15) is 0 Å². The zero-order chi connectivity index (χ0) is 23.9.